The number of hydrogen-bond acceptors (Lipinski definition) is 2. The van der Waals surface area contributed by atoms with Gasteiger partial charge in [-0.3, -0.25) is 4.90 Å². The molecule has 0 bridgehead atoms. The second kappa shape index (κ2) is 5.61. The molecule has 1 N–H and O–H groups in total. The maximum atomic E-state index is 4.78. The number of fused-ring (bicyclic) bond motifs is 1. The standard InChI is InChI=1S/C20H17N3/c1-15-9-5-8-14-19(15)23(16-10-3-2-4-11-16)20-21-17-12-6-7-13-18(17)22-20/h2-14H,1H3,(H,21,22). The van der Waals surface area contributed by atoms with Gasteiger partial charge in [0.25, 0.3) is 0 Å². The van der Waals surface area contributed by atoms with Crippen LogP contribution in [0, 0.1) is 6.92 Å². The van der Waals surface area contributed by atoms with Crippen molar-refractivity contribution in [2.45, 2.75) is 6.92 Å². The zero-order valence-electron chi connectivity index (χ0n) is 12.9. The molecule has 0 saturated carbocycles. The average Bonchev–Trinajstić information content (AvgIpc) is 3.01. The van der Waals surface area contributed by atoms with Crippen molar-refractivity contribution >= 4 is 28.4 Å². The Morgan fingerprint density at radius 3 is 2.26 bits per heavy atom. The van der Waals surface area contributed by atoms with Crippen LogP contribution >= 0.6 is 0 Å². The number of nitrogens with one attached hydrogen (secondary N) is 1. The number of aromatic amines is 1. The number of aromatic nitrogens is 2. The van der Waals surface area contributed by atoms with Gasteiger partial charge in [-0.15, -0.1) is 0 Å². The number of imidazole rings is 1. The molecule has 1 aromatic heterocycles. The van der Waals surface area contributed by atoms with E-state index in [2.05, 4.69) is 53.2 Å². The van der Waals surface area contributed by atoms with Crippen molar-refractivity contribution in [3.05, 3.63) is 84.4 Å². The van der Waals surface area contributed by atoms with E-state index in [-0.39, 0.29) is 0 Å². The van der Waals surface area contributed by atoms with Gasteiger partial charge in [-0.25, -0.2) is 4.98 Å². The topological polar surface area (TPSA) is 31.9 Å². The molecule has 4 aromatic rings. The molecule has 1 heterocycles. The summed E-state index contributed by atoms with van der Waals surface area (Å²) in [5.74, 6) is 0.826. The van der Waals surface area contributed by atoms with Crippen LogP contribution < -0.4 is 4.90 Å². The highest BCUT2D eigenvalue weighted by molar-refractivity contribution is 5.82. The van der Waals surface area contributed by atoms with E-state index in [1.54, 1.807) is 0 Å². The molecule has 0 saturated heterocycles. The number of benzene rings is 3. The molecule has 0 aliphatic rings. The summed E-state index contributed by atoms with van der Waals surface area (Å²) >= 11 is 0. The summed E-state index contributed by atoms with van der Waals surface area (Å²) in [5, 5.41) is 0. The summed E-state index contributed by atoms with van der Waals surface area (Å²) in [6, 6.07) is 26.8. The Labute approximate surface area is 135 Å². The maximum absolute atomic E-state index is 4.78. The first-order chi connectivity index (χ1) is 11.3. The predicted octanol–water partition coefficient (Wildman–Crippen LogP) is 5.34. The van der Waals surface area contributed by atoms with E-state index in [1.165, 1.54) is 5.56 Å². The van der Waals surface area contributed by atoms with Gasteiger partial charge in [0.1, 0.15) is 0 Å². The molecule has 3 nitrogen and oxygen atoms in total. The first-order valence-corrected chi connectivity index (χ1v) is 7.68. The summed E-state index contributed by atoms with van der Waals surface area (Å²) in [7, 11) is 0. The predicted molar refractivity (Wildman–Crippen MR) is 95.5 cm³/mol. The van der Waals surface area contributed by atoms with E-state index in [4.69, 9.17) is 4.98 Å². The van der Waals surface area contributed by atoms with E-state index in [9.17, 15) is 0 Å². The van der Waals surface area contributed by atoms with Crippen LogP contribution in [0.2, 0.25) is 0 Å². The van der Waals surface area contributed by atoms with Gasteiger partial charge in [0.15, 0.2) is 0 Å². The van der Waals surface area contributed by atoms with Crippen LogP contribution in [-0.2, 0) is 0 Å². The van der Waals surface area contributed by atoms with Crippen molar-refractivity contribution in [1.82, 2.24) is 9.97 Å². The van der Waals surface area contributed by atoms with Crippen molar-refractivity contribution in [2.24, 2.45) is 0 Å². The summed E-state index contributed by atoms with van der Waals surface area (Å²) in [5.41, 5.74) is 5.42. The van der Waals surface area contributed by atoms with Gasteiger partial charge in [-0.05, 0) is 42.8 Å². The molecule has 0 spiro atoms. The number of rotatable bonds is 3. The second-order valence-corrected chi connectivity index (χ2v) is 5.54. The Morgan fingerprint density at radius 2 is 1.48 bits per heavy atom. The van der Waals surface area contributed by atoms with Gasteiger partial charge in [0.05, 0.1) is 16.7 Å². The third kappa shape index (κ3) is 2.46. The Hall–Kier alpha value is -3.07. The number of anilines is 3. The second-order valence-electron chi connectivity index (χ2n) is 5.54. The molecule has 3 heteroatoms. The van der Waals surface area contributed by atoms with Gasteiger partial charge in [0.2, 0.25) is 5.95 Å². The number of nitrogens with zero attached hydrogens (tertiary/aromatic N) is 2. The Morgan fingerprint density at radius 1 is 0.783 bits per heavy atom. The summed E-state index contributed by atoms with van der Waals surface area (Å²) in [4.78, 5) is 10.4. The van der Waals surface area contributed by atoms with Crippen LogP contribution in [0.3, 0.4) is 0 Å². The molecule has 112 valence electrons. The van der Waals surface area contributed by atoms with Crippen LogP contribution in [0.4, 0.5) is 17.3 Å². The lowest BCUT2D eigenvalue weighted by Gasteiger charge is -2.24. The zero-order chi connectivity index (χ0) is 15.6. The van der Waals surface area contributed by atoms with Crippen molar-refractivity contribution in [1.29, 1.82) is 0 Å². The maximum Gasteiger partial charge on any atom is 0.213 e. The van der Waals surface area contributed by atoms with Crippen molar-refractivity contribution in [2.75, 3.05) is 4.90 Å². The van der Waals surface area contributed by atoms with Gasteiger partial charge < -0.3 is 4.98 Å². The van der Waals surface area contributed by atoms with Crippen LogP contribution in [0.5, 0.6) is 0 Å². The molecule has 3 aromatic carbocycles. The lowest BCUT2D eigenvalue weighted by Crippen LogP contribution is -2.12. The third-order valence-corrected chi connectivity index (χ3v) is 3.96. The Kier molecular flexibility index (Phi) is 3.31. The van der Waals surface area contributed by atoms with Crippen LogP contribution in [0.25, 0.3) is 11.0 Å². The summed E-state index contributed by atoms with van der Waals surface area (Å²) in [6.07, 6.45) is 0. The Bertz CT molecular complexity index is 908. The molecular weight excluding hydrogens is 282 g/mol. The van der Waals surface area contributed by atoms with Crippen LogP contribution in [-0.4, -0.2) is 9.97 Å². The summed E-state index contributed by atoms with van der Waals surface area (Å²) in [6.45, 7) is 2.12. The quantitative estimate of drug-likeness (QED) is 0.553. The molecular formula is C20H17N3. The van der Waals surface area contributed by atoms with E-state index < -0.39 is 0 Å². The van der Waals surface area contributed by atoms with Crippen molar-refractivity contribution in [3.8, 4) is 0 Å². The van der Waals surface area contributed by atoms with E-state index >= 15 is 0 Å². The normalized spacial score (nSPS) is 10.8. The first kappa shape index (κ1) is 13.6. The fourth-order valence-electron chi connectivity index (χ4n) is 2.81. The molecule has 0 aliphatic heterocycles. The number of aryl methyl sites for hydroxylation is 1. The van der Waals surface area contributed by atoms with Crippen LogP contribution in [0.1, 0.15) is 5.56 Å². The molecule has 0 atom stereocenters. The van der Waals surface area contributed by atoms with Crippen molar-refractivity contribution < 1.29 is 0 Å². The van der Waals surface area contributed by atoms with Crippen LogP contribution in [0.15, 0.2) is 78.9 Å². The molecule has 4 rings (SSSR count). The smallest absolute Gasteiger partial charge is 0.213 e. The zero-order valence-corrected chi connectivity index (χ0v) is 12.9. The first-order valence-electron chi connectivity index (χ1n) is 7.68. The fraction of sp³-hybridized carbons (Fsp3) is 0.0500. The minimum atomic E-state index is 0.826. The van der Waals surface area contributed by atoms with E-state index in [1.807, 2.05) is 42.5 Å². The van der Waals surface area contributed by atoms with Gasteiger partial charge in [-0.1, -0.05) is 48.5 Å². The fourth-order valence-corrected chi connectivity index (χ4v) is 2.81. The Balaban J connectivity index is 1.93. The van der Waals surface area contributed by atoms with E-state index in [0.717, 1.165) is 28.4 Å². The SMILES string of the molecule is Cc1ccccc1N(c1ccccc1)c1nc2ccccc2[nH]1. The van der Waals surface area contributed by atoms with Gasteiger partial charge in [0, 0.05) is 5.69 Å². The largest absolute Gasteiger partial charge is 0.323 e. The lowest BCUT2D eigenvalue weighted by atomic mass is 10.1. The third-order valence-electron chi connectivity index (χ3n) is 3.96. The lowest BCUT2D eigenvalue weighted by molar-refractivity contribution is 1.15. The van der Waals surface area contributed by atoms with Gasteiger partial charge >= 0.3 is 0 Å². The minimum Gasteiger partial charge on any atom is -0.323 e. The molecule has 0 radical (unpaired) electrons. The molecule has 0 fully saturated rings. The highest BCUT2D eigenvalue weighted by Gasteiger charge is 2.17. The number of hydrogen-bond donors (Lipinski definition) is 1. The minimum absolute atomic E-state index is 0.826. The van der Waals surface area contributed by atoms with Crippen molar-refractivity contribution in [3.63, 3.8) is 0 Å². The molecule has 23 heavy (non-hydrogen) atoms. The van der Waals surface area contributed by atoms with E-state index in [0.29, 0.717) is 0 Å². The highest BCUT2D eigenvalue weighted by atomic mass is 15.3. The monoisotopic (exact) mass is 299 g/mol. The average molecular weight is 299 g/mol. The molecule has 0 unspecified atom stereocenters. The highest BCUT2D eigenvalue weighted by Crippen LogP contribution is 2.35. The summed E-state index contributed by atoms with van der Waals surface area (Å²) < 4.78 is 0. The number of para-hydroxylation sites is 4. The molecule has 0 aliphatic carbocycles. The van der Waals surface area contributed by atoms with Gasteiger partial charge in [-0.2, -0.15) is 0 Å². The number of H-pyrrole nitrogens is 1. The molecule has 0 amide bonds.